The number of hydrogen-bond donors (Lipinski definition) is 0. The molecular formula is C15H12F3NO3. The van der Waals surface area contributed by atoms with E-state index in [0.717, 1.165) is 19.3 Å². The molecule has 4 nitrogen and oxygen atoms in total. The van der Waals surface area contributed by atoms with Gasteiger partial charge in [-0.25, -0.2) is 0 Å². The van der Waals surface area contributed by atoms with E-state index in [0.29, 0.717) is 0 Å². The summed E-state index contributed by atoms with van der Waals surface area (Å²) >= 11 is 0. The summed E-state index contributed by atoms with van der Waals surface area (Å²) in [4.78, 5) is 27.5. The second-order valence-corrected chi connectivity index (χ2v) is 4.69. The number of Topliss-reactive ketones (excluding diaryl/α,β-unsaturated/α-hetero) is 1. The van der Waals surface area contributed by atoms with Crippen LogP contribution in [-0.2, 0) is 20.5 Å². The smallest absolute Gasteiger partial charge is 0.416 e. The molecule has 1 aromatic rings. The van der Waals surface area contributed by atoms with E-state index in [1.54, 1.807) is 0 Å². The van der Waals surface area contributed by atoms with E-state index in [1.807, 2.05) is 0 Å². The number of halogens is 3. The molecule has 0 radical (unpaired) electrons. The quantitative estimate of drug-likeness (QED) is 0.479. The Morgan fingerprint density at radius 1 is 1.32 bits per heavy atom. The standard InChI is InChI=1S/C15H12F3NO3/c1-8-12(14(21)22-2)13(20)11(19-8)7-9-5-3-4-6-10(9)15(16,17)18/h3-7,12H,1-2H3/b11-7+. The first-order chi connectivity index (χ1) is 10.3. The van der Waals surface area contributed by atoms with E-state index in [1.165, 1.54) is 25.1 Å². The Labute approximate surface area is 124 Å². The van der Waals surface area contributed by atoms with Crippen molar-refractivity contribution in [2.24, 2.45) is 10.9 Å². The van der Waals surface area contributed by atoms with E-state index in [2.05, 4.69) is 9.73 Å². The highest BCUT2D eigenvalue weighted by Crippen LogP contribution is 2.33. The maximum absolute atomic E-state index is 12.9. The molecule has 1 aromatic carbocycles. The Balaban J connectivity index is 2.45. The molecular weight excluding hydrogens is 299 g/mol. The Hall–Kier alpha value is -2.44. The van der Waals surface area contributed by atoms with Crippen LogP contribution in [0.1, 0.15) is 18.1 Å². The van der Waals surface area contributed by atoms with Gasteiger partial charge in [-0.05, 0) is 24.6 Å². The number of ether oxygens (including phenoxy) is 1. The van der Waals surface area contributed by atoms with Crippen LogP contribution in [0.3, 0.4) is 0 Å². The van der Waals surface area contributed by atoms with Crippen molar-refractivity contribution in [1.82, 2.24) is 0 Å². The number of allylic oxidation sites excluding steroid dienone is 1. The topological polar surface area (TPSA) is 55.7 Å². The monoisotopic (exact) mass is 311 g/mol. The van der Waals surface area contributed by atoms with Crippen molar-refractivity contribution in [1.29, 1.82) is 0 Å². The zero-order valence-corrected chi connectivity index (χ0v) is 11.8. The van der Waals surface area contributed by atoms with Crippen molar-refractivity contribution >= 4 is 23.5 Å². The first-order valence-electron chi connectivity index (χ1n) is 6.31. The molecule has 1 unspecified atom stereocenters. The summed E-state index contributed by atoms with van der Waals surface area (Å²) < 4.78 is 43.3. The summed E-state index contributed by atoms with van der Waals surface area (Å²) in [5.74, 6) is -2.63. The molecule has 1 aliphatic heterocycles. The summed E-state index contributed by atoms with van der Waals surface area (Å²) in [7, 11) is 1.13. The van der Waals surface area contributed by atoms with Gasteiger partial charge in [-0.2, -0.15) is 13.2 Å². The van der Waals surface area contributed by atoms with Crippen LogP contribution in [0.2, 0.25) is 0 Å². The second kappa shape index (κ2) is 5.75. The highest BCUT2D eigenvalue weighted by Gasteiger charge is 2.38. The van der Waals surface area contributed by atoms with E-state index >= 15 is 0 Å². The van der Waals surface area contributed by atoms with Crippen molar-refractivity contribution in [3.05, 3.63) is 41.1 Å². The predicted octanol–water partition coefficient (Wildman–Crippen LogP) is 2.88. The van der Waals surface area contributed by atoms with Gasteiger partial charge in [0.05, 0.1) is 12.7 Å². The second-order valence-electron chi connectivity index (χ2n) is 4.69. The van der Waals surface area contributed by atoms with Crippen molar-refractivity contribution in [2.45, 2.75) is 13.1 Å². The van der Waals surface area contributed by atoms with Gasteiger partial charge in [-0.1, -0.05) is 18.2 Å². The number of ketones is 1. The number of benzene rings is 1. The van der Waals surface area contributed by atoms with Gasteiger partial charge < -0.3 is 4.74 Å². The van der Waals surface area contributed by atoms with Crippen LogP contribution < -0.4 is 0 Å². The number of aliphatic imine (C=N–C) groups is 1. The van der Waals surface area contributed by atoms with Crippen molar-refractivity contribution in [2.75, 3.05) is 7.11 Å². The lowest BCUT2D eigenvalue weighted by Gasteiger charge is -2.10. The number of carbonyl (C=O) groups excluding carboxylic acids is 2. The minimum atomic E-state index is -4.55. The molecule has 0 aliphatic carbocycles. The summed E-state index contributed by atoms with van der Waals surface area (Å²) in [6, 6.07) is 4.84. The third-order valence-electron chi connectivity index (χ3n) is 3.22. The lowest BCUT2D eigenvalue weighted by atomic mass is 9.99. The molecule has 7 heteroatoms. The van der Waals surface area contributed by atoms with Gasteiger partial charge in [0, 0.05) is 5.71 Å². The Kier molecular flexibility index (Phi) is 4.16. The number of hydrogen-bond acceptors (Lipinski definition) is 4. The van der Waals surface area contributed by atoms with E-state index in [9.17, 15) is 22.8 Å². The van der Waals surface area contributed by atoms with Crippen LogP contribution in [0.5, 0.6) is 0 Å². The van der Waals surface area contributed by atoms with Crippen LogP contribution in [0, 0.1) is 5.92 Å². The molecule has 1 atom stereocenters. The van der Waals surface area contributed by atoms with E-state index in [-0.39, 0.29) is 17.0 Å². The van der Waals surface area contributed by atoms with Gasteiger partial charge in [0.1, 0.15) is 5.70 Å². The lowest BCUT2D eigenvalue weighted by molar-refractivity contribution is -0.145. The number of nitrogens with zero attached hydrogens (tertiary/aromatic N) is 1. The van der Waals surface area contributed by atoms with Crippen LogP contribution in [0.25, 0.3) is 6.08 Å². The maximum atomic E-state index is 12.9. The van der Waals surface area contributed by atoms with Crippen LogP contribution in [0.4, 0.5) is 13.2 Å². The predicted molar refractivity (Wildman–Crippen MR) is 73.0 cm³/mol. The van der Waals surface area contributed by atoms with Gasteiger partial charge in [-0.15, -0.1) is 0 Å². The van der Waals surface area contributed by atoms with Crippen LogP contribution >= 0.6 is 0 Å². The summed E-state index contributed by atoms with van der Waals surface area (Å²) in [5.41, 5.74) is -1.04. The number of carbonyl (C=O) groups is 2. The molecule has 0 saturated heterocycles. The molecule has 0 amide bonds. The summed E-state index contributed by atoms with van der Waals surface area (Å²) in [5, 5.41) is 0. The highest BCUT2D eigenvalue weighted by molar-refractivity contribution is 6.28. The number of esters is 1. The fraction of sp³-hybridized carbons (Fsp3) is 0.267. The van der Waals surface area contributed by atoms with E-state index < -0.39 is 29.4 Å². The zero-order chi connectivity index (χ0) is 16.5. The van der Waals surface area contributed by atoms with E-state index in [4.69, 9.17) is 0 Å². The minimum Gasteiger partial charge on any atom is -0.468 e. The number of methoxy groups -OCH3 is 1. The maximum Gasteiger partial charge on any atom is 0.416 e. The van der Waals surface area contributed by atoms with Gasteiger partial charge in [0.2, 0.25) is 5.78 Å². The average molecular weight is 311 g/mol. The Bertz CT molecular complexity index is 690. The normalized spacial score (nSPS) is 20.2. The van der Waals surface area contributed by atoms with Crippen molar-refractivity contribution in [3.8, 4) is 0 Å². The molecule has 0 bridgehead atoms. The molecule has 1 heterocycles. The van der Waals surface area contributed by atoms with Crippen molar-refractivity contribution < 1.29 is 27.5 Å². The third-order valence-corrected chi connectivity index (χ3v) is 3.22. The molecule has 0 fully saturated rings. The lowest BCUT2D eigenvalue weighted by Crippen LogP contribution is -2.27. The van der Waals surface area contributed by atoms with Gasteiger partial charge in [-0.3, -0.25) is 14.6 Å². The fourth-order valence-electron chi connectivity index (χ4n) is 2.17. The molecule has 116 valence electrons. The summed E-state index contributed by atoms with van der Waals surface area (Å²) in [6.45, 7) is 1.45. The zero-order valence-electron chi connectivity index (χ0n) is 11.8. The van der Waals surface area contributed by atoms with Gasteiger partial charge in [0.25, 0.3) is 0 Å². The Morgan fingerprint density at radius 3 is 2.55 bits per heavy atom. The number of alkyl halides is 3. The van der Waals surface area contributed by atoms with Crippen LogP contribution in [0.15, 0.2) is 35.0 Å². The highest BCUT2D eigenvalue weighted by atomic mass is 19.4. The minimum absolute atomic E-state index is 0.180. The number of rotatable bonds is 2. The molecule has 1 aliphatic rings. The van der Waals surface area contributed by atoms with Crippen molar-refractivity contribution in [3.63, 3.8) is 0 Å². The largest absolute Gasteiger partial charge is 0.468 e. The molecule has 0 aromatic heterocycles. The third kappa shape index (κ3) is 2.93. The molecule has 0 N–H and O–H groups in total. The fourth-order valence-corrected chi connectivity index (χ4v) is 2.17. The van der Waals surface area contributed by atoms with Gasteiger partial charge in [0.15, 0.2) is 5.92 Å². The molecule has 0 spiro atoms. The Morgan fingerprint density at radius 2 is 1.95 bits per heavy atom. The average Bonchev–Trinajstić information content (AvgIpc) is 2.72. The van der Waals surface area contributed by atoms with Crippen LogP contribution in [-0.4, -0.2) is 24.6 Å². The van der Waals surface area contributed by atoms with Gasteiger partial charge >= 0.3 is 12.1 Å². The molecule has 2 rings (SSSR count). The molecule has 0 saturated carbocycles. The first kappa shape index (κ1) is 15.9. The summed E-state index contributed by atoms with van der Waals surface area (Å²) in [6.07, 6.45) is -3.51. The first-order valence-corrected chi connectivity index (χ1v) is 6.31. The SMILES string of the molecule is COC(=O)C1C(=O)/C(=C\c2ccccc2C(F)(F)F)N=C1C. The molecule has 22 heavy (non-hydrogen) atoms.